The summed E-state index contributed by atoms with van der Waals surface area (Å²) in [5.41, 5.74) is -0.926. The van der Waals surface area contributed by atoms with Gasteiger partial charge in [0.1, 0.15) is 0 Å². The maximum Gasteiger partial charge on any atom is 0.310 e. The summed E-state index contributed by atoms with van der Waals surface area (Å²) >= 11 is 0. The first-order valence-electron chi connectivity index (χ1n) is 7.84. The average molecular weight is 300 g/mol. The number of hydrogen-bond donors (Lipinski definition) is 1. The third-order valence-corrected chi connectivity index (χ3v) is 4.05. The highest BCUT2D eigenvalue weighted by Crippen LogP contribution is 2.31. The van der Waals surface area contributed by atoms with Gasteiger partial charge in [-0.3, -0.25) is 9.59 Å². The van der Waals surface area contributed by atoms with Crippen molar-refractivity contribution in [1.82, 2.24) is 9.80 Å². The number of carbonyl (C=O) groups is 2. The first kappa shape index (κ1) is 19.9. The van der Waals surface area contributed by atoms with Crippen LogP contribution in [-0.4, -0.2) is 60.5 Å². The molecule has 21 heavy (non-hydrogen) atoms. The molecule has 0 unspecified atom stereocenters. The molecule has 0 rings (SSSR count). The van der Waals surface area contributed by atoms with Crippen LogP contribution in [0.25, 0.3) is 0 Å². The highest BCUT2D eigenvalue weighted by molar-refractivity contribution is 5.85. The minimum absolute atomic E-state index is 0.0448. The Balaban J connectivity index is 4.96. The molecule has 0 bridgehead atoms. The minimum atomic E-state index is -0.926. The second kappa shape index (κ2) is 9.03. The molecule has 0 radical (unpaired) electrons. The fraction of sp³-hybridized carbons (Fsp3) is 0.875. The van der Waals surface area contributed by atoms with Crippen LogP contribution in [0.5, 0.6) is 0 Å². The van der Waals surface area contributed by atoms with Gasteiger partial charge in [-0.2, -0.15) is 0 Å². The van der Waals surface area contributed by atoms with E-state index in [1.54, 1.807) is 0 Å². The van der Waals surface area contributed by atoms with E-state index in [1.165, 1.54) is 0 Å². The Morgan fingerprint density at radius 1 is 1.10 bits per heavy atom. The number of carboxylic acids is 1. The van der Waals surface area contributed by atoms with Crippen molar-refractivity contribution in [2.45, 2.75) is 47.0 Å². The lowest BCUT2D eigenvalue weighted by Crippen LogP contribution is -2.43. The van der Waals surface area contributed by atoms with Crippen molar-refractivity contribution >= 4 is 11.9 Å². The summed E-state index contributed by atoms with van der Waals surface area (Å²) in [6.07, 6.45) is 1.05. The lowest BCUT2D eigenvalue weighted by Gasteiger charge is -2.31. The van der Waals surface area contributed by atoms with Gasteiger partial charge in [0.2, 0.25) is 5.91 Å². The van der Waals surface area contributed by atoms with Crippen molar-refractivity contribution in [2.24, 2.45) is 11.3 Å². The Bertz CT molecular complexity index is 336. The van der Waals surface area contributed by atoms with Gasteiger partial charge in [0.15, 0.2) is 0 Å². The van der Waals surface area contributed by atoms with Gasteiger partial charge in [-0.1, -0.05) is 27.7 Å². The Hall–Kier alpha value is -1.10. The Labute approximate surface area is 129 Å². The van der Waals surface area contributed by atoms with Gasteiger partial charge in [0, 0.05) is 26.1 Å². The molecule has 5 nitrogen and oxygen atoms in total. The quantitative estimate of drug-likeness (QED) is 0.672. The molecule has 0 aromatic rings. The average Bonchev–Trinajstić information content (AvgIpc) is 2.39. The van der Waals surface area contributed by atoms with Crippen LogP contribution >= 0.6 is 0 Å². The Morgan fingerprint density at radius 2 is 1.62 bits per heavy atom. The molecule has 0 fully saturated rings. The van der Waals surface area contributed by atoms with Gasteiger partial charge < -0.3 is 14.9 Å². The third-order valence-electron chi connectivity index (χ3n) is 4.05. The zero-order valence-electron chi connectivity index (χ0n) is 14.5. The number of hydrogen-bond acceptors (Lipinski definition) is 3. The van der Waals surface area contributed by atoms with E-state index in [2.05, 4.69) is 13.8 Å². The lowest BCUT2D eigenvalue weighted by atomic mass is 9.79. The van der Waals surface area contributed by atoms with Crippen molar-refractivity contribution in [2.75, 3.05) is 33.7 Å². The summed E-state index contributed by atoms with van der Waals surface area (Å²) < 4.78 is 0. The largest absolute Gasteiger partial charge is 0.481 e. The minimum Gasteiger partial charge on any atom is -0.481 e. The van der Waals surface area contributed by atoms with E-state index >= 15 is 0 Å². The first-order valence-corrected chi connectivity index (χ1v) is 7.84. The van der Waals surface area contributed by atoms with Crippen molar-refractivity contribution in [3.05, 3.63) is 0 Å². The molecule has 1 N–H and O–H groups in total. The lowest BCUT2D eigenvalue weighted by molar-refractivity contribution is -0.154. The number of likely N-dealkylation sites (N-methyl/N-ethyl adjacent to an activating group) is 1. The van der Waals surface area contributed by atoms with E-state index in [9.17, 15) is 14.7 Å². The van der Waals surface area contributed by atoms with Crippen LogP contribution in [-0.2, 0) is 9.59 Å². The van der Waals surface area contributed by atoms with Crippen molar-refractivity contribution in [3.63, 3.8) is 0 Å². The Kier molecular flexibility index (Phi) is 8.55. The van der Waals surface area contributed by atoms with Gasteiger partial charge in [-0.15, -0.1) is 0 Å². The number of carboxylic acid groups (broad SMARTS) is 1. The molecule has 0 aromatic carbocycles. The van der Waals surface area contributed by atoms with Crippen molar-refractivity contribution in [1.29, 1.82) is 0 Å². The van der Waals surface area contributed by atoms with Gasteiger partial charge in [-0.05, 0) is 32.9 Å². The molecule has 1 amide bonds. The van der Waals surface area contributed by atoms with Crippen LogP contribution in [0.3, 0.4) is 0 Å². The molecular weight excluding hydrogens is 268 g/mol. The van der Waals surface area contributed by atoms with Crippen LogP contribution in [0, 0.1) is 11.3 Å². The smallest absolute Gasteiger partial charge is 0.310 e. The standard InChI is InChI=1S/C16H32N2O3/c1-7-16(8-2,15(20)21)11-14(19)18(12-13(3)4)10-9-17(5)6/h13H,7-12H2,1-6H3,(H,20,21). The van der Waals surface area contributed by atoms with Gasteiger partial charge in [-0.25, -0.2) is 0 Å². The number of nitrogens with zero attached hydrogens (tertiary/aromatic N) is 2. The van der Waals surface area contributed by atoms with Gasteiger partial charge in [0.25, 0.3) is 0 Å². The summed E-state index contributed by atoms with van der Waals surface area (Å²) in [7, 11) is 3.94. The number of amides is 1. The third kappa shape index (κ3) is 6.46. The predicted octanol–water partition coefficient (Wildman–Crippen LogP) is 2.31. The monoisotopic (exact) mass is 300 g/mol. The van der Waals surface area contributed by atoms with Crippen LogP contribution in [0.2, 0.25) is 0 Å². The van der Waals surface area contributed by atoms with E-state index in [4.69, 9.17) is 0 Å². The van der Waals surface area contributed by atoms with E-state index in [0.29, 0.717) is 31.8 Å². The summed E-state index contributed by atoms with van der Waals surface area (Å²) in [6.45, 7) is 9.94. The van der Waals surface area contributed by atoms with Gasteiger partial charge in [0.05, 0.1) is 5.41 Å². The maximum absolute atomic E-state index is 12.6. The predicted molar refractivity (Wildman–Crippen MR) is 85.2 cm³/mol. The molecule has 124 valence electrons. The summed E-state index contributed by atoms with van der Waals surface area (Å²) in [4.78, 5) is 28.0. The molecule has 0 aliphatic carbocycles. The molecule has 0 spiro atoms. The normalized spacial score (nSPS) is 12.0. The SMILES string of the molecule is CCC(CC)(CC(=O)N(CCN(C)C)CC(C)C)C(=O)O. The summed E-state index contributed by atoms with van der Waals surface area (Å²) in [6, 6.07) is 0. The fourth-order valence-corrected chi connectivity index (χ4v) is 2.36. The molecule has 0 saturated carbocycles. The van der Waals surface area contributed by atoms with Crippen LogP contribution in [0.4, 0.5) is 0 Å². The van der Waals surface area contributed by atoms with Crippen LogP contribution < -0.4 is 0 Å². The molecule has 0 aromatic heterocycles. The zero-order chi connectivity index (χ0) is 16.6. The van der Waals surface area contributed by atoms with Gasteiger partial charge >= 0.3 is 5.97 Å². The summed E-state index contributed by atoms with van der Waals surface area (Å²) in [5, 5.41) is 9.48. The maximum atomic E-state index is 12.6. The number of aliphatic carboxylic acids is 1. The van der Waals surface area contributed by atoms with Crippen molar-refractivity contribution in [3.8, 4) is 0 Å². The molecule has 0 saturated heterocycles. The molecular formula is C16H32N2O3. The summed E-state index contributed by atoms with van der Waals surface area (Å²) in [5.74, 6) is -0.534. The number of carbonyl (C=O) groups excluding carboxylic acids is 1. The fourth-order valence-electron chi connectivity index (χ4n) is 2.36. The second-order valence-corrected chi connectivity index (χ2v) is 6.51. The number of rotatable bonds is 10. The molecule has 0 aliphatic rings. The molecule has 0 aliphatic heterocycles. The highest BCUT2D eigenvalue weighted by Gasteiger charge is 2.38. The van der Waals surface area contributed by atoms with Crippen LogP contribution in [0.1, 0.15) is 47.0 Å². The zero-order valence-corrected chi connectivity index (χ0v) is 14.5. The Morgan fingerprint density at radius 3 is 1.95 bits per heavy atom. The second-order valence-electron chi connectivity index (χ2n) is 6.51. The van der Waals surface area contributed by atoms with E-state index in [0.717, 1.165) is 6.54 Å². The van der Waals surface area contributed by atoms with Crippen LogP contribution in [0.15, 0.2) is 0 Å². The van der Waals surface area contributed by atoms with E-state index in [-0.39, 0.29) is 12.3 Å². The van der Waals surface area contributed by atoms with E-state index < -0.39 is 11.4 Å². The van der Waals surface area contributed by atoms with Crippen molar-refractivity contribution < 1.29 is 14.7 Å². The molecule has 0 atom stereocenters. The molecule has 5 heteroatoms. The highest BCUT2D eigenvalue weighted by atomic mass is 16.4. The first-order chi connectivity index (χ1) is 9.68. The van der Waals surface area contributed by atoms with E-state index in [1.807, 2.05) is 37.7 Å². The topological polar surface area (TPSA) is 60.9 Å². The molecule has 0 heterocycles.